The van der Waals surface area contributed by atoms with Gasteiger partial charge < -0.3 is 47.8 Å². The third kappa shape index (κ3) is 10.6. The Labute approximate surface area is 212 Å². The van der Waals surface area contributed by atoms with E-state index < -0.39 is 18.3 Å². The summed E-state index contributed by atoms with van der Waals surface area (Å²) in [7, 11) is 0. The third-order valence-corrected chi connectivity index (χ3v) is 5.13. The van der Waals surface area contributed by atoms with Crippen molar-refractivity contribution in [1.29, 1.82) is 0 Å². The molecule has 36 heavy (non-hydrogen) atoms. The Morgan fingerprint density at radius 1 is 0.472 bits per heavy atom. The normalized spacial score (nSPS) is 15.6. The van der Waals surface area contributed by atoms with Gasteiger partial charge in [0.15, 0.2) is 0 Å². The predicted molar refractivity (Wildman–Crippen MR) is 140 cm³/mol. The first-order chi connectivity index (χ1) is 16.8. The molecule has 0 aliphatic heterocycles. The maximum Gasteiger partial charge on any atom is 0.115 e. The van der Waals surface area contributed by atoms with Crippen molar-refractivity contribution in [2.75, 3.05) is 0 Å². The highest BCUT2D eigenvalue weighted by atomic mass is 16.3. The molecule has 0 aliphatic rings. The molecule has 9 heteroatoms. The first kappa shape index (κ1) is 30.9. The van der Waals surface area contributed by atoms with E-state index in [1.165, 1.54) is 18.2 Å². The van der Waals surface area contributed by atoms with E-state index >= 15 is 0 Å². The minimum absolute atomic E-state index is 0.146. The third-order valence-electron chi connectivity index (χ3n) is 5.13. The summed E-state index contributed by atoms with van der Waals surface area (Å²) < 4.78 is 0. The van der Waals surface area contributed by atoms with Crippen LogP contribution in [0, 0.1) is 0 Å². The summed E-state index contributed by atoms with van der Waals surface area (Å²) in [6, 6.07) is 18.4. The van der Waals surface area contributed by atoms with E-state index in [-0.39, 0.29) is 35.4 Å². The number of phenolic OH excluding ortho intramolecular Hbond substituents is 3. The van der Waals surface area contributed by atoms with Gasteiger partial charge in [0.25, 0.3) is 0 Å². The van der Waals surface area contributed by atoms with Crippen molar-refractivity contribution in [2.24, 2.45) is 17.2 Å². The molecular formula is C27H39N3O6. The molecule has 0 aliphatic carbocycles. The average Bonchev–Trinajstić information content (AvgIpc) is 2.83. The van der Waals surface area contributed by atoms with Crippen LogP contribution < -0.4 is 17.2 Å². The van der Waals surface area contributed by atoms with Crippen molar-refractivity contribution in [1.82, 2.24) is 0 Å². The molecule has 0 bridgehead atoms. The first-order valence-corrected chi connectivity index (χ1v) is 11.5. The van der Waals surface area contributed by atoms with Crippen LogP contribution in [0.15, 0.2) is 72.8 Å². The molecule has 3 aromatic rings. The zero-order valence-electron chi connectivity index (χ0n) is 20.8. The second-order valence-corrected chi connectivity index (χ2v) is 8.70. The minimum atomic E-state index is -0.711. The number of phenols is 3. The highest BCUT2D eigenvalue weighted by Gasteiger charge is 2.13. The van der Waals surface area contributed by atoms with E-state index in [1.807, 2.05) is 0 Å². The summed E-state index contributed by atoms with van der Waals surface area (Å²) in [4.78, 5) is 0. The Kier molecular flexibility index (Phi) is 12.9. The molecule has 0 fully saturated rings. The summed E-state index contributed by atoms with van der Waals surface area (Å²) in [5.41, 5.74) is 18.4. The molecule has 3 rings (SSSR count). The van der Waals surface area contributed by atoms with Crippen LogP contribution in [0.2, 0.25) is 0 Å². The van der Waals surface area contributed by atoms with Crippen LogP contribution in [0.3, 0.4) is 0 Å². The molecule has 0 amide bonds. The molecule has 0 unspecified atom stereocenters. The Bertz CT molecular complexity index is 913. The molecule has 198 valence electrons. The quantitative estimate of drug-likeness (QED) is 0.243. The zero-order valence-corrected chi connectivity index (χ0v) is 20.8. The second-order valence-electron chi connectivity index (χ2n) is 8.70. The van der Waals surface area contributed by atoms with E-state index in [1.54, 1.807) is 75.4 Å². The molecule has 12 N–H and O–H groups in total. The summed E-state index contributed by atoms with van der Waals surface area (Å²) in [6.45, 7) is 5.15. The lowest BCUT2D eigenvalue weighted by Gasteiger charge is -2.14. The van der Waals surface area contributed by atoms with Gasteiger partial charge in [-0.1, -0.05) is 36.4 Å². The van der Waals surface area contributed by atoms with Crippen LogP contribution >= 0.6 is 0 Å². The van der Waals surface area contributed by atoms with Crippen molar-refractivity contribution in [3.63, 3.8) is 0 Å². The Balaban J connectivity index is 0.000000270. The number of benzene rings is 3. The average molecular weight is 502 g/mol. The highest BCUT2D eigenvalue weighted by Crippen LogP contribution is 2.21. The fourth-order valence-corrected chi connectivity index (χ4v) is 3.04. The van der Waals surface area contributed by atoms with Gasteiger partial charge in [0, 0.05) is 18.1 Å². The number of aliphatic hydroxyl groups is 3. The first-order valence-electron chi connectivity index (χ1n) is 11.5. The summed E-state index contributed by atoms with van der Waals surface area (Å²) in [5, 5.41) is 55.7. The Morgan fingerprint density at radius 3 is 0.861 bits per heavy atom. The lowest BCUT2D eigenvalue weighted by molar-refractivity contribution is 0.153. The monoisotopic (exact) mass is 501 g/mol. The molecule has 9 nitrogen and oxygen atoms in total. The fraction of sp³-hybridized carbons (Fsp3) is 0.333. The number of rotatable bonds is 6. The molecule has 3 aromatic carbocycles. The van der Waals surface area contributed by atoms with Crippen LogP contribution in [0.25, 0.3) is 0 Å². The summed E-state index contributed by atoms with van der Waals surface area (Å²) in [5.74, 6) is 0.437. The summed E-state index contributed by atoms with van der Waals surface area (Å²) in [6.07, 6.45) is -2.13. The maximum atomic E-state index is 9.49. The molecule has 0 spiro atoms. The molecule has 0 saturated carbocycles. The molecule has 0 radical (unpaired) electrons. The minimum Gasteiger partial charge on any atom is -0.508 e. The second kappa shape index (κ2) is 15.0. The summed E-state index contributed by atoms with van der Waals surface area (Å²) >= 11 is 0. The van der Waals surface area contributed by atoms with E-state index in [9.17, 15) is 15.3 Å². The zero-order chi connectivity index (χ0) is 27.4. The van der Waals surface area contributed by atoms with E-state index in [4.69, 9.17) is 32.5 Å². The van der Waals surface area contributed by atoms with Crippen molar-refractivity contribution >= 4 is 0 Å². The van der Waals surface area contributed by atoms with Gasteiger partial charge in [0.2, 0.25) is 0 Å². The largest absolute Gasteiger partial charge is 0.508 e. The highest BCUT2D eigenvalue weighted by molar-refractivity contribution is 5.30. The molecule has 0 aromatic heterocycles. The van der Waals surface area contributed by atoms with Crippen LogP contribution in [-0.4, -0.2) is 48.8 Å². The van der Waals surface area contributed by atoms with Gasteiger partial charge >= 0.3 is 0 Å². The Morgan fingerprint density at radius 2 is 0.694 bits per heavy atom. The van der Waals surface area contributed by atoms with Gasteiger partial charge in [-0.2, -0.15) is 0 Å². The lowest BCUT2D eigenvalue weighted by Crippen LogP contribution is -2.24. The number of hydrogen-bond donors (Lipinski definition) is 9. The topological polar surface area (TPSA) is 199 Å². The maximum absolute atomic E-state index is 9.49. The van der Waals surface area contributed by atoms with Crippen molar-refractivity contribution in [2.45, 2.75) is 57.2 Å². The molecule has 6 atom stereocenters. The predicted octanol–water partition coefficient (Wildman–Crippen LogP) is 2.32. The molecular weight excluding hydrogens is 462 g/mol. The van der Waals surface area contributed by atoms with E-state index in [0.29, 0.717) is 16.7 Å². The lowest BCUT2D eigenvalue weighted by atomic mass is 10.0. The van der Waals surface area contributed by atoms with Gasteiger partial charge in [-0.25, -0.2) is 0 Å². The van der Waals surface area contributed by atoms with E-state index in [2.05, 4.69) is 0 Å². The van der Waals surface area contributed by atoms with E-state index in [0.717, 1.165) is 0 Å². The molecule has 0 heterocycles. The van der Waals surface area contributed by atoms with Crippen LogP contribution in [0.5, 0.6) is 17.2 Å². The number of aromatic hydroxyl groups is 3. The van der Waals surface area contributed by atoms with Gasteiger partial charge in [0.05, 0.1) is 18.3 Å². The molecule has 0 saturated heterocycles. The van der Waals surface area contributed by atoms with Crippen LogP contribution in [-0.2, 0) is 0 Å². The van der Waals surface area contributed by atoms with Crippen LogP contribution in [0.1, 0.15) is 55.8 Å². The number of nitrogens with two attached hydrogens (primary N) is 3. The van der Waals surface area contributed by atoms with Gasteiger partial charge in [-0.15, -0.1) is 0 Å². The SMILES string of the molecule is C[C@H](N)[C@H](O)c1cccc(O)c1.C[C@H](N)[C@H](O)c1cccc(O)c1.C[C@H](N)[C@H](O)c1cccc(O)c1. The smallest absolute Gasteiger partial charge is 0.115 e. The number of hydrogen-bond acceptors (Lipinski definition) is 9. The van der Waals surface area contributed by atoms with Crippen molar-refractivity contribution < 1.29 is 30.6 Å². The van der Waals surface area contributed by atoms with Crippen molar-refractivity contribution in [3.05, 3.63) is 89.5 Å². The van der Waals surface area contributed by atoms with Crippen LogP contribution in [0.4, 0.5) is 0 Å². The van der Waals surface area contributed by atoms with Gasteiger partial charge in [-0.3, -0.25) is 0 Å². The van der Waals surface area contributed by atoms with Gasteiger partial charge in [0.1, 0.15) is 17.2 Å². The number of aliphatic hydroxyl groups excluding tert-OH is 3. The fourth-order valence-electron chi connectivity index (χ4n) is 3.04. The van der Waals surface area contributed by atoms with Gasteiger partial charge in [-0.05, 0) is 73.9 Å². The van der Waals surface area contributed by atoms with Crippen molar-refractivity contribution in [3.8, 4) is 17.2 Å². The Hall–Kier alpha value is -3.18. The standard InChI is InChI=1S/3C9H13NO2/c3*1-6(10)9(12)7-3-2-4-8(11)5-7/h3*2-6,9,11-12H,10H2,1H3/t3*6-,9-/m000/s1.